The van der Waals surface area contributed by atoms with Crippen molar-refractivity contribution >= 4 is 17.6 Å². The highest BCUT2D eigenvalue weighted by atomic mass is 16.5. The van der Waals surface area contributed by atoms with E-state index in [1.54, 1.807) is 18.1 Å². The highest BCUT2D eigenvalue weighted by Gasteiger charge is 2.12. The molecule has 0 atom stereocenters. The minimum Gasteiger partial charge on any atom is -0.495 e. The molecule has 0 spiro atoms. The van der Waals surface area contributed by atoms with E-state index in [0.29, 0.717) is 24.5 Å². The Bertz CT molecular complexity index is 502. The van der Waals surface area contributed by atoms with Gasteiger partial charge in [-0.1, -0.05) is 13.0 Å². The fourth-order valence-corrected chi connectivity index (χ4v) is 1.92. The van der Waals surface area contributed by atoms with Crippen LogP contribution in [-0.2, 0) is 9.59 Å². The fraction of sp³-hybridized carbons (Fsp3) is 0.467. The molecule has 1 aromatic carbocycles. The zero-order valence-corrected chi connectivity index (χ0v) is 12.7. The molecule has 0 aliphatic rings. The Balaban J connectivity index is 2.63. The number of carbonyl (C=O) groups excluding carboxylic acids is 1. The van der Waals surface area contributed by atoms with Crippen LogP contribution in [0.3, 0.4) is 0 Å². The average Bonchev–Trinajstić information content (AvgIpc) is 2.43. The summed E-state index contributed by atoms with van der Waals surface area (Å²) in [6, 6.07) is 5.54. The van der Waals surface area contributed by atoms with Crippen molar-refractivity contribution in [3.05, 3.63) is 23.8 Å². The van der Waals surface area contributed by atoms with E-state index in [2.05, 4.69) is 5.32 Å². The van der Waals surface area contributed by atoms with Gasteiger partial charge in [0.1, 0.15) is 5.75 Å². The molecule has 1 amide bonds. The number of hydrogen-bond acceptors (Lipinski definition) is 4. The van der Waals surface area contributed by atoms with Gasteiger partial charge in [-0.2, -0.15) is 0 Å². The number of carboxylic acids is 1. The summed E-state index contributed by atoms with van der Waals surface area (Å²) in [5, 5.41) is 11.5. The molecule has 0 bridgehead atoms. The summed E-state index contributed by atoms with van der Waals surface area (Å²) in [7, 11) is 1.55. The van der Waals surface area contributed by atoms with Gasteiger partial charge in [0.25, 0.3) is 0 Å². The number of rotatable bonds is 8. The van der Waals surface area contributed by atoms with E-state index < -0.39 is 5.97 Å². The second-order valence-corrected chi connectivity index (χ2v) is 4.76. The predicted molar refractivity (Wildman–Crippen MR) is 80.7 cm³/mol. The number of hydrogen-bond donors (Lipinski definition) is 2. The van der Waals surface area contributed by atoms with Crippen LogP contribution in [0.5, 0.6) is 5.75 Å². The van der Waals surface area contributed by atoms with Gasteiger partial charge in [-0.3, -0.25) is 14.5 Å². The van der Waals surface area contributed by atoms with Crippen molar-refractivity contribution in [3.63, 3.8) is 0 Å². The molecule has 1 aromatic rings. The Labute approximate surface area is 124 Å². The molecule has 21 heavy (non-hydrogen) atoms. The van der Waals surface area contributed by atoms with Crippen LogP contribution in [0.15, 0.2) is 18.2 Å². The third kappa shape index (κ3) is 5.83. The third-order valence-electron chi connectivity index (χ3n) is 3.09. The molecule has 2 N–H and O–H groups in total. The molecule has 6 nitrogen and oxygen atoms in total. The smallest absolute Gasteiger partial charge is 0.304 e. The highest BCUT2D eigenvalue weighted by molar-refractivity contribution is 5.93. The Hall–Kier alpha value is -2.08. The van der Waals surface area contributed by atoms with Crippen molar-refractivity contribution in [2.45, 2.75) is 20.3 Å². The zero-order valence-electron chi connectivity index (χ0n) is 12.7. The van der Waals surface area contributed by atoms with Crippen LogP contribution >= 0.6 is 0 Å². The molecular weight excluding hydrogens is 272 g/mol. The molecule has 0 heterocycles. The maximum atomic E-state index is 12.1. The molecule has 0 saturated heterocycles. The number of methoxy groups -OCH3 is 1. The molecule has 0 aliphatic heterocycles. The first-order valence-corrected chi connectivity index (χ1v) is 6.85. The topological polar surface area (TPSA) is 78.9 Å². The minimum atomic E-state index is -0.866. The SMILES string of the molecule is CCN(CCC(=O)O)CC(=O)Nc1cc(C)ccc1OC. The van der Waals surface area contributed by atoms with Crippen LogP contribution in [-0.4, -0.2) is 48.6 Å². The number of carboxylic acid groups (broad SMARTS) is 1. The van der Waals surface area contributed by atoms with Crippen LogP contribution in [0.1, 0.15) is 18.9 Å². The van der Waals surface area contributed by atoms with Crippen molar-refractivity contribution in [2.24, 2.45) is 0 Å². The normalized spacial score (nSPS) is 10.5. The first-order chi connectivity index (χ1) is 9.96. The van der Waals surface area contributed by atoms with Crippen molar-refractivity contribution in [2.75, 3.05) is 32.1 Å². The van der Waals surface area contributed by atoms with Gasteiger partial charge in [0, 0.05) is 6.54 Å². The number of carbonyl (C=O) groups is 2. The summed E-state index contributed by atoms with van der Waals surface area (Å²) < 4.78 is 5.21. The van der Waals surface area contributed by atoms with Gasteiger partial charge in [-0.15, -0.1) is 0 Å². The highest BCUT2D eigenvalue weighted by Crippen LogP contribution is 2.25. The van der Waals surface area contributed by atoms with Crippen LogP contribution in [0.4, 0.5) is 5.69 Å². The minimum absolute atomic E-state index is 0.0227. The second kappa shape index (κ2) is 8.26. The van der Waals surface area contributed by atoms with Crippen molar-refractivity contribution in [1.29, 1.82) is 0 Å². The average molecular weight is 294 g/mol. The predicted octanol–water partition coefficient (Wildman–Crippen LogP) is 1.74. The second-order valence-electron chi connectivity index (χ2n) is 4.76. The van der Waals surface area contributed by atoms with Gasteiger partial charge < -0.3 is 15.2 Å². The van der Waals surface area contributed by atoms with Gasteiger partial charge in [-0.25, -0.2) is 0 Å². The van der Waals surface area contributed by atoms with E-state index in [0.717, 1.165) is 5.56 Å². The van der Waals surface area contributed by atoms with Crippen LogP contribution in [0.25, 0.3) is 0 Å². The molecule has 0 aromatic heterocycles. The Morgan fingerprint density at radius 2 is 2.10 bits per heavy atom. The standard InChI is InChI=1S/C15H22N2O4/c1-4-17(8-7-15(19)20)10-14(18)16-12-9-11(2)5-6-13(12)21-3/h5-6,9H,4,7-8,10H2,1-3H3,(H,16,18)(H,19,20). The van der Waals surface area contributed by atoms with Gasteiger partial charge in [0.2, 0.25) is 5.91 Å². The quantitative estimate of drug-likeness (QED) is 0.763. The van der Waals surface area contributed by atoms with Crippen molar-refractivity contribution in [3.8, 4) is 5.75 Å². The molecule has 0 radical (unpaired) electrons. The first kappa shape index (κ1) is 17.0. The number of ether oxygens (including phenoxy) is 1. The Morgan fingerprint density at radius 3 is 2.67 bits per heavy atom. The number of aryl methyl sites for hydroxylation is 1. The van der Waals surface area contributed by atoms with Gasteiger partial charge >= 0.3 is 5.97 Å². The summed E-state index contributed by atoms with van der Waals surface area (Å²) in [6.45, 7) is 4.94. The molecule has 116 valence electrons. The van der Waals surface area contributed by atoms with Crippen molar-refractivity contribution in [1.82, 2.24) is 4.90 Å². The lowest BCUT2D eigenvalue weighted by Crippen LogP contribution is -2.34. The lowest BCUT2D eigenvalue weighted by Gasteiger charge is -2.19. The van der Waals surface area contributed by atoms with Crippen molar-refractivity contribution < 1.29 is 19.4 Å². The van der Waals surface area contributed by atoms with Gasteiger partial charge in [-0.05, 0) is 31.2 Å². The van der Waals surface area contributed by atoms with E-state index in [-0.39, 0.29) is 18.9 Å². The lowest BCUT2D eigenvalue weighted by atomic mass is 10.2. The molecule has 6 heteroatoms. The monoisotopic (exact) mass is 294 g/mol. The van der Waals surface area contributed by atoms with E-state index in [4.69, 9.17) is 9.84 Å². The fourth-order valence-electron chi connectivity index (χ4n) is 1.92. The number of aliphatic carboxylic acids is 1. The summed E-state index contributed by atoms with van der Waals surface area (Å²) >= 11 is 0. The van der Waals surface area contributed by atoms with E-state index >= 15 is 0 Å². The number of nitrogens with one attached hydrogen (secondary N) is 1. The Kier molecular flexibility index (Phi) is 6.68. The number of likely N-dealkylation sites (N-methyl/N-ethyl adjacent to an activating group) is 1. The van der Waals surface area contributed by atoms with E-state index in [9.17, 15) is 9.59 Å². The molecule has 1 rings (SSSR count). The van der Waals surface area contributed by atoms with Crippen LogP contribution in [0.2, 0.25) is 0 Å². The molecule has 0 aliphatic carbocycles. The molecule has 0 unspecified atom stereocenters. The zero-order chi connectivity index (χ0) is 15.8. The third-order valence-corrected chi connectivity index (χ3v) is 3.09. The van der Waals surface area contributed by atoms with Crippen LogP contribution < -0.4 is 10.1 Å². The maximum Gasteiger partial charge on any atom is 0.304 e. The summed E-state index contributed by atoms with van der Waals surface area (Å²) in [6.07, 6.45) is 0.0227. The summed E-state index contributed by atoms with van der Waals surface area (Å²) in [5.41, 5.74) is 1.64. The van der Waals surface area contributed by atoms with E-state index in [1.165, 1.54) is 0 Å². The van der Waals surface area contributed by atoms with Gasteiger partial charge in [0.15, 0.2) is 0 Å². The van der Waals surface area contributed by atoms with Crippen LogP contribution in [0, 0.1) is 6.92 Å². The molecular formula is C15H22N2O4. The first-order valence-electron chi connectivity index (χ1n) is 6.85. The maximum absolute atomic E-state index is 12.1. The number of nitrogens with zero attached hydrogens (tertiary/aromatic N) is 1. The van der Waals surface area contributed by atoms with Gasteiger partial charge in [0.05, 0.1) is 25.8 Å². The lowest BCUT2D eigenvalue weighted by molar-refractivity contribution is -0.137. The Morgan fingerprint density at radius 1 is 1.38 bits per heavy atom. The number of amides is 1. The number of benzene rings is 1. The summed E-state index contributed by atoms with van der Waals surface area (Å²) in [5.74, 6) is -0.456. The van der Waals surface area contributed by atoms with E-state index in [1.807, 2.05) is 26.0 Å². The molecule has 0 fully saturated rings. The summed E-state index contributed by atoms with van der Waals surface area (Å²) in [4.78, 5) is 24.4. The largest absolute Gasteiger partial charge is 0.495 e. The molecule has 0 saturated carbocycles. The number of anilines is 1.